The fourth-order valence-electron chi connectivity index (χ4n) is 4.07. The summed E-state index contributed by atoms with van der Waals surface area (Å²) in [5.41, 5.74) is 2.68. The number of methoxy groups -OCH3 is 2. The van der Waals surface area contributed by atoms with E-state index in [0.717, 1.165) is 78.4 Å². The second-order valence-electron chi connectivity index (χ2n) is 8.65. The van der Waals surface area contributed by atoms with Crippen LogP contribution in [0.3, 0.4) is 0 Å². The van der Waals surface area contributed by atoms with Gasteiger partial charge in [-0.1, -0.05) is 0 Å². The zero-order valence-electron chi connectivity index (χ0n) is 21.5. The highest BCUT2D eigenvalue weighted by Gasteiger charge is 2.18. The van der Waals surface area contributed by atoms with Gasteiger partial charge in [-0.15, -0.1) is 0 Å². The van der Waals surface area contributed by atoms with Crippen molar-refractivity contribution in [2.75, 3.05) is 53.0 Å². The average molecular weight is 501 g/mol. The van der Waals surface area contributed by atoms with Gasteiger partial charge in [-0.05, 0) is 63.6 Å². The summed E-state index contributed by atoms with van der Waals surface area (Å²) in [7, 11) is 9.11. The van der Waals surface area contributed by atoms with Crippen LogP contribution in [-0.2, 0) is 17.8 Å². The molecule has 0 unspecified atom stereocenters. The number of nitrogens with one attached hydrogen (secondary N) is 1. The molecule has 0 saturated heterocycles. The Hall–Kier alpha value is -2.75. The van der Waals surface area contributed by atoms with E-state index in [9.17, 15) is 4.79 Å². The Morgan fingerprint density at radius 1 is 1.03 bits per heavy atom. The lowest BCUT2D eigenvalue weighted by Gasteiger charge is -2.19. The zero-order valence-corrected chi connectivity index (χ0v) is 22.3. The minimum Gasteiger partial charge on any atom is -0.496 e. The van der Waals surface area contributed by atoms with E-state index in [-0.39, 0.29) is 5.56 Å². The molecule has 2 aromatic heterocycles. The van der Waals surface area contributed by atoms with Gasteiger partial charge in [-0.25, -0.2) is 4.98 Å². The highest BCUT2D eigenvalue weighted by molar-refractivity contribution is 7.93. The largest absolute Gasteiger partial charge is 0.496 e. The lowest BCUT2D eigenvalue weighted by molar-refractivity contribution is 0.359. The van der Waals surface area contributed by atoms with Gasteiger partial charge in [0.25, 0.3) is 5.56 Å². The fourth-order valence-corrected chi connectivity index (χ4v) is 4.35. The number of anilines is 1. The number of hydrogen-bond acceptors (Lipinski definition) is 8. The van der Waals surface area contributed by atoms with Crippen molar-refractivity contribution in [3.63, 3.8) is 0 Å². The Balaban J connectivity index is 1.99. The summed E-state index contributed by atoms with van der Waals surface area (Å²) < 4.78 is 18.4. The highest BCUT2D eigenvalue weighted by atomic mass is 32.2. The molecule has 0 spiro atoms. The second kappa shape index (κ2) is 12.8. The zero-order chi connectivity index (χ0) is 25.4. The first-order valence-electron chi connectivity index (χ1n) is 11.7. The van der Waals surface area contributed by atoms with E-state index in [1.165, 1.54) is 12.0 Å². The molecule has 0 aliphatic heterocycles. The van der Waals surface area contributed by atoms with Crippen molar-refractivity contribution in [1.29, 1.82) is 0 Å². The topological polar surface area (TPSA) is 77.9 Å². The Morgan fingerprint density at radius 2 is 1.80 bits per heavy atom. The number of rotatable bonds is 13. The molecule has 3 rings (SSSR count). The number of hydrogen-bond donors (Lipinski definition) is 1. The second-order valence-corrected chi connectivity index (χ2v) is 9.22. The number of aromatic nitrogens is 2. The number of ether oxygens (including phenoxy) is 2. The summed E-state index contributed by atoms with van der Waals surface area (Å²) >= 11 is 1.40. The van der Waals surface area contributed by atoms with Crippen LogP contribution in [0.4, 0.5) is 5.82 Å². The molecular weight excluding hydrogens is 464 g/mol. The van der Waals surface area contributed by atoms with Crippen molar-refractivity contribution in [3.05, 3.63) is 46.5 Å². The maximum atomic E-state index is 12.9. The third-order valence-corrected chi connectivity index (χ3v) is 6.18. The van der Waals surface area contributed by atoms with Crippen molar-refractivity contribution in [3.8, 4) is 22.6 Å². The molecule has 0 saturated carbocycles. The van der Waals surface area contributed by atoms with Gasteiger partial charge < -0.3 is 28.4 Å². The number of unbranched alkanes of at least 4 members (excludes halogenated alkanes) is 2. The van der Waals surface area contributed by atoms with Crippen LogP contribution in [0.25, 0.3) is 21.9 Å². The van der Waals surface area contributed by atoms with Crippen LogP contribution in [0, 0.1) is 0 Å². The molecule has 1 aromatic carbocycles. The van der Waals surface area contributed by atoms with Gasteiger partial charge in [0.05, 0.1) is 26.2 Å². The maximum Gasteiger partial charge on any atom is 0.259 e. The third kappa shape index (κ3) is 6.68. The Kier molecular flexibility index (Phi) is 9.83. The summed E-state index contributed by atoms with van der Waals surface area (Å²) in [5.74, 6) is 2.23. The van der Waals surface area contributed by atoms with Gasteiger partial charge in [0.1, 0.15) is 17.3 Å². The maximum absolute atomic E-state index is 12.9. The minimum atomic E-state index is -0.0910. The number of benzene rings is 1. The molecule has 0 bridgehead atoms. The molecule has 0 aliphatic rings. The molecule has 9 heteroatoms. The summed E-state index contributed by atoms with van der Waals surface area (Å²) in [4.78, 5) is 19.5. The van der Waals surface area contributed by atoms with Crippen molar-refractivity contribution >= 4 is 28.6 Å². The van der Waals surface area contributed by atoms with E-state index < -0.39 is 0 Å². The van der Waals surface area contributed by atoms with Crippen LogP contribution < -0.4 is 20.3 Å². The Bertz CT molecular complexity index is 1200. The summed E-state index contributed by atoms with van der Waals surface area (Å²) in [6.07, 6.45) is 8.54. The molecule has 3 aromatic rings. The molecule has 8 nitrogen and oxygen atoms in total. The van der Waals surface area contributed by atoms with Crippen molar-refractivity contribution in [1.82, 2.24) is 14.5 Å². The summed E-state index contributed by atoms with van der Waals surface area (Å²) in [5, 5.41) is 4.77. The van der Waals surface area contributed by atoms with Gasteiger partial charge in [0.2, 0.25) is 0 Å². The van der Waals surface area contributed by atoms with Crippen LogP contribution in [0.15, 0.2) is 35.4 Å². The molecule has 35 heavy (non-hydrogen) atoms. The van der Waals surface area contributed by atoms with E-state index in [2.05, 4.69) is 15.2 Å². The SMILES string of the molecule is COc1cc(-c2cn(C)c(=O)c3cnc(NCCCCCOSC)cc23)c(OC)cc1CN(C)C. The van der Waals surface area contributed by atoms with Gasteiger partial charge in [0, 0.05) is 60.9 Å². The van der Waals surface area contributed by atoms with Crippen LogP contribution in [0.1, 0.15) is 24.8 Å². The molecule has 0 fully saturated rings. The summed E-state index contributed by atoms with van der Waals surface area (Å²) in [6, 6.07) is 5.94. The van der Waals surface area contributed by atoms with E-state index in [0.29, 0.717) is 5.39 Å². The molecular formula is C26H36N4O4S. The van der Waals surface area contributed by atoms with Gasteiger partial charge in [-0.2, -0.15) is 0 Å². The van der Waals surface area contributed by atoms with Gasteiger partial charge in [-0.3, -0.25) is 4.79 Å². The highest BCUT2D eigenvalue weighted by Crippen LogP contribution is 2.39. The normalized spacial score (nSPS) is 11.3. The number of aryl methyl sites for hydroxylation is 1. The van der Waals surface area contributed by atoms with Crippen LogP contribution in [0.2, 0.25) is 0 Å². The molecule has 1 N–H and O–H groups in total. The predicted molar refractivity (Wildman–Crippen MR) is 145 cm³/mol. The lowest BCUT2D eigenvalue weighted by Crippen LogP contribution is -2.17. The van der Waals surface area contributed by atoms with Crippen molar-refractivity contribution in [2.45, 2.75) is 25.8 Å². The standard InChI is InChI=1S/C26H36N4O4S/c1-29(2)16-18-12-24(33-5)20(13-23(18)32-4)22-17-30(3)26(31)21-15-28-25(14-19(21)22)27-10-8-7-9-11-34-35-6/h12-15,17H,7-11,16H2,1-6H3,(H,27,28). The lowest BCUT2D eigenvalue weighted by atomic mass is 9.98. The van der Waals surface area contributed by atoms with Gasteiger partial charge in [0.15, 0.2) is 0 Å². The molecule has 2 heterocycles. The first kappa shape index (κ1) is 26.8. The van der Waals surface area contributed by atoms with Crippen molar-refractivity contribution in [2.24, 2.45) is 7.05 Å². The average Bonchev–Trinajstić information content (AvgIpc) is 2.85. The smallest absolute Gasteiger partial charge is 0.259 e. The van der Waals surface area contributed by atoms with E-state index in [1.807, 2.05) is 44.7 Å². The Morgan fingerprint density at radius 3 is 2.49 bits per heavy atom. The van der Waals surface area contributed by atoms with Crippen LogP contribution >= 0.6 is 12.0 Å². The Labute approximate surface area is 211 Å². The summed E-state index contributed by atoms with van der Waals surface area (Å²) in [6.45, 7) is 2.28. The molecule has 0 radical (unpaired) electrons. The molecule has 0 amide bonds. The first-order valence-corrected chi connectivity index (χ1v) is 12.8. The minimum absolute atomic E-state index is 0.0910. The van der Waals surface area contributed by atoms with Gasteiger partial charge >= 0.3 is 0 Å². The fraction of sp³-hybridized carbons (Fsp3) is 0.462. The monoisotopic (exact) mass is 500 g/mol. The molecule has 190 valence electrons. The molecule has 0 aliphatic carbocycles. The third-order valence-electron chi connectivity index (χ3n) is 5.78. The van der Waals surface area contributed by atoms with E-state index >= 15 is 0 Å². The number of nitrogens with zero attached hydrogens (tertiary/aromatic N) is 3. The first-order chi connectivity index (χ1) is 16.9. The van der Waals surface area contributed by atoms with Crippen molar-refractivity contribution < 1.29 is 13.7 Å². The van der Waals surface area contributed by atoms with E-state index in [1.54, 1.807) is 32.0 Å². The van der Waals surface area contributed by atoms with Crippen LogP contribution in [0.5, 0.6) is 11.5 Å². The molecule has 0 atom stereocenters. The predicted octanol–water partition coefficient (Wildman–Crippen LogP) is 4.56. The number of fused-ring (bicyclic) bond motifs is 1. The number of pyridine rings is 2. The quantitative estimate of drug-likeness (QED) is 0.270. The van der Waals surface area contributed by atoms with E-state index in [4.69, 9.17) is 13.7 Å². The van der Waals surface area contributed by atoms with Crippen LogP contribution in [-0.4, -0.2) is 62.2 Å².